The predicted octanol–water partition coefficient (Wildman–Crippen LogP) is 1.62. The quantitative estimate of drug-likeness (QED) is 0.821. The van der Waals surface area contributed by atoms with Crippen LogP contribution in [-0.4, -0.2) is 9.97 Å². The molecule has 0 fully saturated rings. The van der Waals surface area contributed by atoms with Gasteiger partial charge in [-0.15, -0.1) is 0 Å². The Kier molecular flexibility index (Phi) is 2.18. The smallest absolute Gasteiger partial charge is 0.136 e. The Bertz CT molecular complexity index is 522. The second-order valence-corrected chi connectivity index (χ2v) is 4.07. The zero-order valence-corrected chi connectivity index (χ0v) is 8.93. The van der Waals surface area contributed by atoms with Gasteiger partial charge in [0.05, 0.1) is 5.69 Å². The molecule has 1 aliphatic rings. The van der Waals surface area contributed by atoms with Crippen molar-refractivity contribution in [3.05, 3.63) is 59.2 Å². The van der Waals surface area contributed by atoms with Crippen molar-refractivity contribution in [3.8, 4) is 0 Å². The van der Waals surface area contributed by atoms with Crippen LogP contribution in [0.2, 0.25) is 0 Å². The van der Waals surface area contributed by atoms with Gasteiger partial charge in [-0.25, -0.2) is 9.97 Å². The Morgan fingerprint density at radius 3 is 2.94 bits per heavy atom. The maximum Gasteiger partial charge on any atom is 0.136 e. The molecule has 0 saturated heterocycles. The molecule has 0 radical (unpaired) electrons. The number of benzene rings is 1. The molecule has 1 atom stereocenters. The van der Waals surface area contributed by atoms with Gasteiger partial charge >= 0.3 is 0 Å². The summed E-state index contributed by atoms with van der Waals surface area (Å²) in [5.41, 5.74) is 9.26. The number of nitrogens with zero attached hydrogens (tertiary/aromatic N) is 2. The molecule has 3 heteroatoms. The van der Waals surface area contributed by atoms with Crippen molar-refractivity contribution in [3.63, 3.8) is 0 Å². The zero-order chi connectivity index (χ0) is 11.0. The SMILES string of the molecule is NCc1ccnc(C2Cc3ccccc32)n1. The number of hydrogen-bond donors (Lipinski definition) is 1. The van der Waals surface area contributed by atoms with E-state index in [1.165, 1.54) is 11.1 Å². The van der Waals surface area contributed by atoms with Gasteiger partial charge in [-0.2, -0.15) is 0 Å². The van der Waals surface area contributed by atoms with Crippen LogP contribution >= 0.6 is 0 Å². The number of aromatic nitrogens is 2. The summed E-state index contributed by atoms with van der Waals surface area (Å²) in [5.74, 6) is 1.27. The summed E-state index contributed by atoms with van der Waals surface area (Å²) in [6.45, 7) is 0.476. The summed E-state index contributed by atoms with van der Waals surface area (Å²) in [6.07, 6.45) is 2.84. The van der Waals surface area contributed by atoms with E-state index in [0.29, 0.717) is 12.5 Å². The van der Waals surface area contributed by atoms with Crippen LogP contribution in [0.1, 0.15) is 28.6 Å². The number of fused-ring (bicyclic) bond motifs is 1. The topological polar surface area (TPSA) is 51.8 Å². The van der Waals surface area contributed by atoms with E-state index in [1.807, 2.05) is 6.07 Å². The van der Waals surface area contributed by atoms with Crippen molar-refractivity contribution < 1.29 is 0 Å². The number of hydrogen-bond acceptors (Lipinski definition) is 3. The summed E-state index contributed by atoms with van der Waals surface area (Å²) in [5, 5.41) is 0. The van der Waals surface area contributed by atoms with Crippen molar-refractivity contribution in [2.45, 2.75) is 18.9 Å². The molecule has 3 nitrogen and oxygen atoms in total. The third-order valence-electron chi connectivity index (χ3n) is 3.11. The van der Waals surface area contributed by atoms with E-state index in [2.05, 4.69) is 34.2 Å². The second-order valence-electron chi connectivity index (χ2n) is 4.07. The van der Waals surface area contributed by atoms with Crippen molar-refractivity contribution in [2.75, 3.05) is 0 Å². The van der Waals surface area contributed by atoms with Crippen LogP contribution in [0.3, 0.4) is 0 Å². The van der Waals surface area contributed by atoms with Gasteiger partial charge in [-0.1, -0.05) is 24.3 Å². The first-order valence-electron chi connectivity index (χ1n) is 5.48. The summed E-state index contributed by atoms with van der Waals surface area (Å²) >= 11 is 0. The molecule has 2 N–H and O–H groups in total. The average Bonchev–Trinajstić information content (AvgIpc) is 2.31. The van der Waals surface area contributed by atoms with Crippen molar-refractivity contribution >= 4 is 0 Å². The standard InChI is InChI=1S/C13H13N3/c14-8-10-5-6-15-13(16-10)12-7-9-3-1-2-4-11(9)12/h1-6,12H,7-8,14H2. The van der Waals surface area contributed by atoms with Gasteiger partial charge in [0.15, 0.2) is 0 Å². The Hall–Kier alpha value is -1.74. The zero-order valence-electron chi connectivity index (χ0n) is 8.93. The van der Waals surface area contributed by atoms with Gasteiger partial charge in [0, 0.05) is 18.7 Å². The van der Waals surface area contributed by atoms with Crippen LogP contribution in [0.15, 0.2) is 36.5 Å². The van der Waals surface area contributed by atoms with Crippen LogP contribution in [0.25, 0.3) is 0 Å². The molecule has 0 aliphatic heterocycles. The minimum Gasteiger partial charge on any atom is -0.325 e. The Labute approximate surface area is 94.4 Å². The first-order chi connectivity index (χ1) is 7.88. The van der Waals surface area contributed by atoms with E-state index in [4.69, 9.17) is 5.73 Å². The first-order valence-corrected chi connectivity index (χ1v) is 5.48. The lowest BCUT2D eigenvalue weighted by Gasteiger charge is -2.28. The average molecular weight is 211 g/mol. The largest absolute Gasteiger partial charge is 0.325 e. The Morgan fingerprint density at radius 2 is 2.12 bits per heavy atom. The number of nitrogens with two attached hydrogens (primary N) is 1. The van der Waals surface area contributed by atoms with Crippen molar-refractivity contribution in [1.82, 2.24) is 9.97 Å². The highest BCUT2D eigenvalue weighted by Crippen LogP contribution is 2.38. The minimum absolute atomic E-state index is 0.364. The maximum atomic E-state index is 5.58. The van der Waals surface area contributed by atoms with E-state index in [9.17, 15) is 0 Å². The molecule has 0 bridgehead atoms. The molecule has 16 heavy (non-hydrogen) atoms. The lowest BCUT2D eigenvalue weighted by atomic mass is 9.77. The predicted molar refractivity (Wildman–Crippen MR) is 61.9 cm³/mol. The summed E-state index contributed by atoms with van der Waals surface area (Å²) in [7, 11) is 0. The van der Waals surface area contributed by atoms with Gasteiger partial charge in [-0.3, -0.25) is 0 Å². The fourth-order valence-electron chi connectivity index (χ4n) is 2.18. The van der Waals surface area contributed by atoms with E-state index < -0.39 is 0 Å². The van der Waals surface area contributed by atoms with E-state index >= 15 is 0 Å². The third kappa shape index (κ3) is 1.41. The molecule has 0 saturated carbocycles. The van der Waals surface area contributed by atoms with Crippen LogP contribution < -0.4 is 5.73 Å². The van der Waals surface area contributed by atoms with Crippen LogP contribution in [0, 0.1) is 0 Å². The van der Waals surface area contributed by atoms with Crippen molar-refractivity contribution in [2.24, 2.45) is 5.73 Å². The maximum absolute atomic E-state index is 5.58. The molecule has 2 aromatic rings. The summed E-state index contributed by atoms with van der Waals surface area (Å²) < 4.78 is 0. The molecule has 0 amide bonds. The van der Waals surface area contributed by atoms with E-state index in [0.717, 1.165) is 17.9 Å². The molecule has 80 valence electrons. The van der Waals surface area contributed by atoms with E-state index in [-0.39, 0.29) is 0 Å². The molecule has 1 aromatic heterocycles. The molecule has 1 aromatic carbocycles. The van der Waals surface area contributed by atoms with Crippen LogP contribution in [0.4, 0.5) is 0 Å². The van der Waals surface area contributed by atoms with Gasteiger partial charge in [0.1, 0.15) is 5.82 Å². The molecule has 3 rings (SSSR count). The Balaban J connectivity index is 1.96. The first kappa shape index (κ1) is 9.48. The summed E-state index contributed by atoms with van der Waals surface area (Å²) in [6, 6.07) is 10.3. The monoisotopic (exact) mass is 211 g/mol. The molecule has 1 heterocycles. The van der Waals surface area contributed by atoms with Gasteiger partial charge in [0.2, 0.25) is 0 Å². The van der Waals surface area contributed by atoms with Crippen LogP contribution in [-0.2, 0) is 13.0 Å². The number of rotatable bonds is 2. The fourth-order valence-corrected chi connectivity index (χ4v) is 2.18. The highest BCUT2D eigenvalue weighted by Gasteiger charge is 2.29. The third-order valence-corrected chi connectivity index (χ3v) is 3.11. The van der Waals surface area contributed by atoms with Gasteiger partial charge < -0.3 is 5.73 Å². The van der Waals surface area contributed by atoms with Crippen molar-refractivity contribution in [1.29, 1.82) is 0 Å². The molecule has 1 unspecified atom stereocenters. The Morgan fingerprint density at radius 1 is 1.25 bits per heavy atom. The molecular weight excluding hydrogens is 198 g/mol. The van der Waals surface area contributed by atoms with Gasteiger partial charge in [0.25, 0.3) is 0 Å². The lowest BCUT2D eigenvalue weighted by Crippen LogP contribution is -2.21. The normalized spacial score (nSPS) is 17.7. The van der Waals surface area contributed by atoms with E-state index in [1.54, 1.807) is 6.20 Å². The lowest BCUT2D eigenvalue weighted by molar-refractivity contribution is 0.653. The highest BCUT2D eigenvalue weighted by atomic mass is 14.9. The summed E-state index contributed by atoms with van der Waals surface area (Å²) in [4.78, 5) is 8.82. The minimum atomic E-state index is 0.364. The molecule has 1 aliphatic carbocycles. The van der Waals surface area contributed by atoms with Gasteiger partial charge in [-0.05, 0) is 23.6 Å². The highest BCUT2D eigenvalue weighted by molar-refractivity contribution is 5.43. The molecule has 0 spiro atoms. The van der Waals surface area contributed by atoms with Crippen LogP contribution in [0.5, 0.6) is 0 Å². The molecular formula is C13H13N3. The second kappa shape index (κ2) is 3.68. The fraction of sp³-hybridized carbons (Fsp3) is 0.231.